The van der Waals surface area contributed by atoms with Crippen LogP contribution in [0, 0.1) is 28.6 Å². The highest BCUT2D eigenvalue weighted by molar-refractivity contribution is 5.66. The molecule has 0 aromatic heterocycles. The summed E-state index contributed by atoms with van der Waals surface area (Å²) in [5.41, 5.74) is 4.69. The molecular weight excluding hydrogens is 308 g/mol. The highest BCUT2D eigenvalue weighted by Gasteiger charge is 2.54. The summed E-state index contributed by atoms with van der Waals surface area (Å²) in [6.07, 6.45) is 13.2. The number of carbonyl (C=O) groups excluding carboxylic acids is 1. The Labute approximate surface area is 153 Å². The molecule has 0 aliphatic heterocycles. The lowest BCUT2D eigenvalue weighted by Gasteiger charge is -2.55. The van der Waals surface area contributed by atoms with E-state index in [-0.39, 0.29) is 12.1 Å². The summed E-state index contributed by atoms with van der Waals surface area (Å²) in [4.78, 5) is 11.4. The van der Waals surface area contributed by atoms with E-state index in [4.69, 9.17) is 4.74 Å². The van der Waals surface area contributed by atoms with Gasteiger partial charge in [-0.25, -0.2) is 0 Å². The van der Waals surface area contributed by atoms with Gasteiger partial charge in [0.2, 0.25) is 0 Å². The molecule has 25 heavy (non-hydrogen) atoms. The van der Waals surface area contributed by atoms with Crippen molar-refractivity contribution in [2.75, 3.05) is 0 Å². The van der Waals surface area contributed by atoms with Gasteiger partial charge >= 0.3 is 5.97 Å². The molecule has 0 amide bonds. The van der Waals surface area contributed by atoms with E-state index in [1.54, 1.807) is 6.92 Å². The first-order valence-electron chi connectivity index (χ1n) is 10.8. The molecule has 0 heterocycles. The van der Waals surface area contributed by atoms with E-state index in [1.807, 2.05) is 11.1 Å². The van der Waals surface area contributed by atoms with Gasteiger partial charge in [-0.3, -0.25) is 4.79 Å². The van der Waals surface area contributed by atoms with Crippen LogP contribution in [0.4, 0.5) is 0 Å². The smallest absolute Gasteiger partial charge is 0.302 e. The predicted octanol–water partition coefficient (Wildman–Crippen LogP) is 6.05. The third kappa shape index (κ3) is 2.61. The fourth-order valence-electron chi connectivity index (χ4n) is 7.54. The van der Waals surface area contributed by atoms with Crippen LogP contribution in [0.3, 0.4) is 0 Å². The molecule has 6 unspecified atom stereocenters. The molecule has 6 atom stereocenters. The fraction of sp³-hybridized carbons (Fsp3) is 0.870. The molecule has 4 aliphatic rings. The first-order valence-corrected chi connectivity index (χ1v) is 10.8. The minimum Gasteiger partial charge on any atom is -0.463 e. The molecule has 4 aliphatic carbocycles. The minimum absolute atomic E-state index is 0.102. The van der Waals surface area contributed by atoms with E-state index in [0.29, 0.717) is 10.8 Å². The second-order valence-electron chi connectivity index (χ2n) is 9.90. The molecule has 0 radical (unpaired) electrons. The maximum absolute atomic E-state index is 11.4. The van der Waals surface area contributed by atoms with Crippen LogP contribution < -0.4 is 0 Å². The molecule has 2 fully saturated rings. The van der Waals surface area contributed by atoms with Gasteiger partial charge in [0.25, 0.3) is 0 Å². The number of allylic oxidation sites excluding steroid dienone is 2. The van der Waals surface area contributed by atoms with Crippen molar-refractivity contribution in [3.63, 3.8) is 0 Å². The van der Waals surface area contributed by atoms with Gasteiger partial charge in [0.15, 0.2) is 0 Å². The summed E-state index contributed by atoms with van der Waals surface area (Å²) < 4.78 is 5.58. The van der Waals surface area contributed by atoms with Crippen molar-refractivity contribution in [1.29, 1.82) is 0 Å². The van der Waals surface area contributed by atoms with Gasteiger partial charge in [-0.15, -0.1) is 0 Å². The first-order chi connectivity index (χ1) is 11.9. The van der Waals surface area contributed by atoms with Crippen molar-refractivity contribution in [3.8, 4) is 0 Å². The van der Waals surface area contributed by atoms with Crippen LogP contribution in [0.5, 0.6) is 0 Å². The molecule has 0 bridgehead atoms. The number of esters is 1. The second-order valence-corrected chi connectivity index (χ2v) is 9.90. The van der Waals surface area contributed by atoms with Crippen molar-refractivity contribution in [1.82, 2.24) is 0 Å². The van der Waals surface area contributed by atoms with Crippen molar-refractivity contribution >= 4 is 5.97 Å². The molecule has 0 aromatic carbocycles. The fourth-order valence-corrected chi connectivity index (χ4v) is 7.54. The molecule has 140 valence electrons. The van der Waals surface area contributed by atoms with Crippen molar-refractivity contribution in [2.45, 2.75) is 98.0 Å². The maximum atomic E-state index is 11.4. The Morgan fingerprint density at radius 2 is 1.92 bits per heavy atom. The summed E-state index contributed by atoms with van der Waals surface area (Å²) in [6.45, 7) is 9.11. The lowest BCUT2D eigenvalue weighted by Crippen LogP contribution is -2.45. The number of rotatable bonds is 2. The molecule has 0 saturated heterocycles. The number of carbonyl (C=O) groups is 1. The van der Waals surface area contributed by atoms with Crippen molar-refractivity contribution in [2.24, 2.45) is 28.6 Å². The molecule has 2 saturated carbocycles. The Bertz CT molecular complexity index is 591. The van der Waals surface area contributed by atoms with Gasteiger partial charge < -0.3 is 4.74 Å². The Kier molecular flexibility index (Phi) is 4.32. The predicted molar refractivity (Wildman–Crippen MR) is 101 cm³/mol. The average Bonchev–Trinajstić information content (AvgIpc) is 2.91. The lowest BCUT2D eigenvalue weighted by molar-refractivity contribution is -0.150. The largest absolute Gasteiger partial charge is 0.463 e. The van der Waals surface area contributed by atoms with Gasteiger partial charge in [0, 0.05) is 6.92 Å². The van der Waals surface area contributed by atoms with E-state index in [9.17, 15) is 4.79 Å². The van der Waals surface area contributed by atoms with Crippen molar-refractivity contribution < 1.29 is 9.53 Å². The van der Waals surface area contributed by atoms with Gasteiger partial charge in [-0.1, -0.05) is 38.3 Å². The van der Waals surface area contributed by atoms with Crippen LogP contribution in [0.2, 0.25) is 0 Å². The Balaban J connectivity index is 1.61. The summed E-state index contributed by atoms with van der Waals surface area (Å²) in [6, 6.07) is 0. The molecule has 0 spiro atoms. The standard InChI is InChI=1S/C23H36O2/c1-5-16-7-9-20-19-8-6-17-14-18(25-15(2)24)10-12-23(17,4)21(19)11-13-22(16,20)3/h16-18,20H,5-14H2,1-4H3. The molecule has 0 N–H and O–H groups in total. The molecule has 0 aromatic rings. The molecule has 2 heteroatoms. The van der Waals surface area contributed by atoms with Gasteiger partial charge in [0.1, 0.15) is 6.10 Å². The number of hydrogen-bond donors (Lipinski definition) is 0. The Morgan fingerprint density at radius 1 is 1.12 bits per heavy atom. The van der Waals surface area contributed by atoms with Crippen LogP contribution in [-0.2, 0) is 9.53 Å². The number of fused-ring (bicyclic) bond motifs is 4. The highest BCUT2D eigenvalue weighted by atomic mass is 16.5. The topological polar surface area (TPSA) is 26.3 Å². The van der Waals surface area contributed by atoms with Gasteiger partial charge in [-0.2, -0.15) is 0 Å². The second kappa shape index (κ2) is 6.13. The molecule has 4 rings (SSSR count). The summed E-state index contributed by atoms with van der Waals surface area (Å²) in [5, 5.41) is 0. The van der Waals surface area contributed by atoms with Gasteiger partial charge in [-0.05, 0) is 86.4 Å². The quantitative estimate of drug-likeness (QED) is 0.450. The number of ether oxygens (including phenoxy) is 1. The van der Waals surface area contributed by atoms with E-state index < -0.39 is 0 Å². The van der Waals surface area contributed by atoms with E-state index in [2.05, 4.69) is 20.8 Å². The highest BCUT2D eigenvalue weighted by Crippen LogP contribution is 2.65. The summed E-state index contributed by atoms with van der Waals surface area (Å²) in [7, 11) is 0. The third-order valence-corrected chi connectivity index (χ3v) is 8.97. The first kappa shape index (κ1) is 17.6. The zero-order valence-corrected chi connectivity index (χ0v) is 16.7. The van der Waals surface area contributed by atoms with Crippen LogP contribution in [0.15, 0.2) is 11.1 Å². The monoisotopic (exact) mass is 344 g/mol. The van der Waals surface area contributed by atoms with E-state index in [0.717, 1.165) is 30.6 Å². The SMILES string of the molecule is CCC1CCC2C3=C(CCC12C)C1(C)CCC(OC(C)=O)CC1CC3. The summed E-state index contributed by atoms with van der Waals surface area (Å²) in [5.74, 6) is 2.42. The Hall–Kier alpha value is -0.790. The average molecular weight is 345 g/mol. The minimum atomic E-state index is -0.102. The molecular formula is C23H36O2. The maximum Gasteiger partial charge on any atom is 0.302 e. The Morgan fingerprint density at radius 3 is 2.64 bits per heavy atom. The van der Waals surface area contributed by atoms with E-state index >= 15 is 0 Å². The van der Waals surface area contributed by atoms with Crippen LogP contribution in [0.25, 0.3) is 0 Å². The zero-order chi connectivity index (χ0) is 17.8. The third-order valence-electron chi connectivity index (χ3n) is 8.97. The zero-order valence-electron chi connectivity index (χ0n) is 16.7. The summed E-state index contributed by atoms with van der Waals surface area (Å²) >= 11 is 0. The van der Waals surface area contributed by atoms with Crippen molar-refractivity contribution in [3.05, 3.63) is 11.1 Å². The van der Waals surface area contributed by atoms with Crippen LogP contribution in [0.1, 0.15) is 91.9 Å². The lowest BCUT2D eigenvalue weighted by atomic mass is 9.51. The van der Waals surface area contributed by atoms with Crippen LogP contribution >= 0.6 is 0 Å². The van der Waals surface area contributed by atoms with E-state index in [1.165, 1.54) is 51.4 Å². The van der Waals surface area contributed by atoms with Crippen LogP contribution in [-0.4, -0.2) is 12.1 Å². The van der Waals surface area contributed by atoms with Gasteiger partial charge in [0.05, 0.1) is 0 Å². The normalized spacial score (nSPS) is 46.2. The number of hydrogen-bond acceptors (Lipinski definition) is 2. The molecule has 2 nitrogen and oxygen atoms in total.